The largest absolute Gasteiger partial charge is 0.496 e. The maximum Gasteiger partial charge on any atom is 0.496 e. The number of benzene rings is 2. The first-order valence-corrected chi connectivity index (χ1v) is 32.4. The number of hydrogen-bond donors (Lipinski definition) is 2. The second kappa shape index (κ2) is 21.2. The lowest BCUT2D eigenvalue weighted by Gasteiger charge is -2.37. The van der Waals surface area contributed by atoms with Gasteiger partial charge in [-0.3, -0.25) is 39.0 Å². The van der Waals surface area contributed by atoms with E-state index in [-0.39, 0.29) is 17.2 Å². The van der Waals surface area contributed by atoms with Gasteiger partial charge < -0.3 is 28.9 Å². The van der Waals surface area contributed by atoms with E-state index in [0.29, 0.717) is 28.2 Å². The normalized spacial score (nSPS) is 20.5. The van der Waals surface area contributed by atoms with Crippen LogP contribution in [0.3, 0.4) is 0 Å². The zero-order valence-corrected chi connectivity index (χ0v) is 51.4. The fourth-order valence-corrected chi connectivity index (χ4v) is 13.8. The Kier molecular flexibility index (Phi) is 14.9. The summed E-state index contributed by atoms with van der Waals surface area (Å²) in [6.07, 6.45) is 21.1. The minimum absolute atomic E-state index is 0.153. The molecule has 7 aliphatic rings. The Morgan fingerprint density at radius 1 is 0.585 bits per heavy atom. The number of sulfonamides is 2. The van der Waals surface area contributed by atoms with Gasteiger partial charge in [0, 0.05) is 90.1 Å². The summed E-state index contributed by atoms with van der Waals surface area (Å²) in [4.78, 5) is 52.1. The zero-order valence-electron chi connectivity index (χ0n) is 48.2. The monoisotopic (exact) mass is 1210 g/mol. The van der Waals surface area contributed by atoms with Crippen molar-refractivity contribution in [3.8, 4) is 11.1 Å². The highest BCUT2D eigenvalue weighted by Crippen LogP contribution is 2.56. The fourth-order valence-electron chi connectivity index (χ4n) is 12.3. The van der Waals surface area contributed by atoms with Gasteiger partial charge in [0.25, 0.3) is 0 Å². The van der Waals surface area contributed by atoms with Gasteiger partial charge in [0.1, 0.15) is 0 Å². The highest BCUT2D eigenvalue weighted by atomic mass is 79.9. The highest BCUT2D eigenvalue weighted by Gasteiger charge is 2.56. The van der Waals surface area contributed by atoms with Gasteiger partial charge in [-0.05, 0) is 139 Å². The zero-order chi connectivity index (χ0) is 58.5. The Balaban J connectivity index is 0.000000136. The number of amides is 2. The molecule has 18 nitrogen and oxygen atoms in total. The highest BCUT2D eigenvalue weighted by molar-refractivity contribution is 9.10. The van der Waals surface area contributed by atoms with Gasteiger partial charge >= 0.3 is 7.12 Å². The molecular weight excluding hydrogens is 1140 g/mol. The maximum atomic E-state index is 13.2. The molecule has 2 N–H and O–H groups in total. The molecule has 2 spiro atoms. The molecule has 22 heteroatoms. The summed E-state index contributed by atoms with van der Waals surface area (Å²) >= 11 is 3.52. The molecule has 430 valence electrons. The first-order valence-electron chi connectivity index (χ1n) is 27.8. The van der Waals surface area contributed by atoms with Crippen molar-refractivity contribution in [3.63, 3.8) is 0 Å². The number of rotatable bonds is 8. The number of nitrogens with one attached hydrogen (secondary N) is 2. The summed E-state index contributed by atoms with van der Waals surface area (Å²) in [5.74, 6) is 0.392. The molecule has 3 fully saturated rings. The van der Waals surface area contributed by atoms with E-state index in [4.69, 9.17) is 14.3 Å². The minimum Gasteiger partial charge on any atom is -0.399 e. The van der Waals surface area contributed by atoms with Crippen molar-refractivity contribution in [2.75, 3.05) is 86.1 Å². The van der Waals surface area contributed by atoms with Crippen molar-refractivity contribution in [1.82, 2.24) is 29.7 Å². The van der Waals surface area contributed by atoms with E-state index >= 15 is 0 Å². The lowest BCUT2D eigenvalue weighted by atomic mass is 9.64. The smallest absolute Gasteiger partial charge is 0.399 e. The second-order valence-electron chi connectivity index (χ2n) is 24.1. The first kappa shape index (κ1) is 57.7. The standard InChI is InChI=1S/C27H29N5O3S.C18H28BN3O4S.C15H13BrN2O/c1-31-11-7-17(8-12-31)25-22(30-36(3,34)35)14-19(15-29-25)18-5-6-21-20(13-18)24-23(16-28-21)32(2)26(33)27(24)9-4-10-27;1-17(2)18(3,4)26-19(25-17)14-11-15(21-27(6,23)24)16(20-12-14)13-7-9-22(5)10-8-13;1-18-12-8-17-11-4-3-9(16)7-10(11)13(12)15(14(18)19)5-2-6-15/h5-7,13-16,30H,4,8-12H2,1-3H3;7,11-12,21H,8-10H2,1-6H3;3-4,7-8H,2,5-6H2,1H3. The Hall–Kier alpha value is -6.14. The van der Waals surface area contributed by atoms with Crippen LogP contribution in [0.4, 0.5) is 22.7 Å². The van der Waals surface area contributed by atoms with E-state index in [1.807, 2.05) is 84.5 Å². The van der Waals surface area contributed by atoms with Gasteiger partial charge in [0.15, 0.2) is 0 Å². The van der Waals surface area contributed by atoms with E-state index in [9.17, 15) is 26.4 Å². The van der Waals surface area contributed by atoms with Crippen LogP contribution in [0.15, 0.2) is 89.9 Å². The topological polar surface area (TPSA) is 209 Å². The summed E-state index contributed by atoms with van der Waals surface area (Å²) in [5.41, 5.74) is 11.0. The number of halogens is 1. The maximum absolute atomic E-state index is 13.2. The molecule has 9 heterocycles. The number of likely N-dealkylation sites (N-methyl/N-ethyl adjacent to an activating group) is 4. The summed E-state index contributed by atoms with van der Waals surface area (Å²) in [6.45, 7) is 11.3. The van der Waals surface area contributed by atoms with E-state index in [2.05, 4.69) is 88.5 Å². The van der Waals surface area contributed by atoms with Crippen molar-refractivity contribution in [2.24, 2.45) is 0 Å². The van der Waals surface area contributed by atoms with Crippen LogP contribution in [0.25, 0.3) is 44.1 Å². The molecule has 2 aliphatic carbocycles. The number of anilines is 4. The van der Waals surface area contributed by atoms with Crippen molar-refractivity contribution in [1.29, 1.82) is 0 Å². The van der Waals surface area contributed by atoms with E-state index in [1.54, 1.807) is 28.3 Å². The van der Waals surface area contributed by atoms with Gasteiger partial charge in [-0.25, -0.2) is 16.8 Å². The van der Waals surface area contributed by atoms with Crippen LogP contribution in [0.2, 0.25) is 0 Å². The van der Waals surface area contributed by atoms with Crippen LogP contribution < -0.4 is 24.7 Å². The number of pyridine rings is 4. The molecular formula is C60H70BBrN10O8S2. The molecule has 0 atom stereocenters. The summed E-state index contributed by atoms with van der Waals surface area (Å²) < 4.78 is 66.7. The van der Waals surface area contributed by atoms with Gasteiger partial charge in [-0.2, -0.15) is 0 Å². The minimum atomic E-state index is -3.49. The van der Waals surface area contributed by atoms with Gasteiger partial charge in [0.05, 0.1) is 92.1 Å². The molecule has 13 rings (SSSR count). The van der Waals surface area contributed by atoms with Crippen molar-refractivity contribution >= 4 is 116 Å². The number of carbonyl (C=O) groups is 2. The molecule has 0 radical (unpaired) electrons. The quantitative estimate of drug-likeness (QED) is 0.137. The number of hydrogen-bond acceptors (Lipinski definition) is 14. The molecule has 2 amide bonds. The SMILES string of the molecule is CN1C(=O)C2(CCC2)c2c1cnc1ccc(Br)cc21.CN1CC=C(c2ncc(-c3ccc4ncc5c(c4c3)C3(CCC3)C(=O)N5C)cc2NS(C)(=O)=O)CC1.CN1CC=C(c2ncc(B3OC(C)(C)C(C)(C)O3)cc2NS(C)(=O)=O)CC1. The summed E-state index contributed by atoms with van der Waals surface area (Å²) in [7, 11) is 0.268. The van der Waals surface area contributed by atoms with Gasteiger partial charge in [-0.15, -0.1) is 0 Å². The van der Waals surface area contributed by atoms with E-state index < -0.39 is 43.8 Å². The van der Waals surface area contributed by atoms with Crippen LogP contribution >= 0.6 is 15.9 Å². The Morgan fingerprint density at radius 2 is 1.05 bits per heavy atom. The number of nitrogens with zero attached hydrogens (tertiary/aromatic N) is 8. The van der Waals surface area contributed by atoms with Crippen LogP contribution in [0.5, 0.6) is 0 Å². The molecule has 5 aliphatic heterocycles. The Morgan fingerprint density at radius 3 is 1.50 bits per heavy atom. The third-order valence-corrected chi connectivity index (χ3v) is 19.5. The Bertz CT molecular complexity index is 3910. The Labute approximate surface area is 489 Å². The number of aromatic nitrogens is 4. The van der Waals surface area contributed by atoms with Crippen molar-refractivity contribution in [3.05, 3.63) is 112 Å². The average molecular weight is 1210 g/mol. The first-order chi connectivity index (χ1) is 38.7. The number of fused-ring (bicyclic) bond motifs is 8. The fraction of sp³-hybridized carbons (Fsp3) is 0.433. The third-order valence-electron chi connectivity index (χ3n) is 17.9. The molecule has 0 unspecified atom stereocenters. The summed E-state index contributed by atoms with van der Waals surface area (Å²) in [6, 6.07) is 15.7. The van der Waals surface area contributed by atoms with Crippen LogP contribution in [0.1, 0.15) is 102 Å². The van der Waals surface area contributed by atoms with Crippen molar-refractivity contribution in [2.45, 2.75) is 101 Å². The molecule has 4 aromatic heterocycles. The third kappa shape index (κ3) is 10.5. The second-order valence-corrected chi connectivity index (χ2v) is 28.5. The van der Waals surface area contributed by atoms with Crippen LogP contribution in [0, 0.1) is 0 Å². The molecule has 2 aromatic carbocycles. The molecule has 0 bridgehead atoms. The molecule has 1 saturated heterocycles. The lowest BCUT2D eigenvalue weighted by molar-refractivity contribution is -0.126. The lowest BCUT2D eigenvalue weighted by Crippen LogP contribution is -2.43. The van der Waals surface area contributed by atoms with Crippen LogP contribution in [-0.2, 0) is 49.8 Å². The molecule has 2 saturated carbocycles. The van der Waals surface area contributed by atoms with Crippen LogP contribution in [-0.4, -0.2) is 144 Å². The van der Waals surface area contributed by atoms with Crippen molar-refractivity contribution < 1.29 is 35.7 Å². The summed E-state index contributed by atoms with van der Waals surface area (Å²) in [5, 5.41) is 2.09. The number of carbonyl (C=O) groups excluding carboxylic acids is 2. The average Bonchev–Trinajstić information content (AvgIpc) is 3.90. The predicted molar refractivity (Wildman–Crippen MR) is 329 cm³/mol. The van der Waals surface area contributed by atoms with E-state index in [0.717, 1.165) is 156 Å². The van der Waals surface area contributed by atoms with Gasteiger partial charge in [0.2, 0.25) is 31.9 Å². The van der Waals surface area contributed by atoms with E-state index in [1.165, 1.54) is 5.56 Å². The molecule has 82 heavy (non-hydrogen) atoms. The van der Waals surface area contributed by atoms with Gasteiger partial charge in [-0.1, -0.05) is 47.0 Å². The predicted octanol–water partition coefficient (Wildman–Crippen LogP) is 8.65. The molecule has 6 aromatic rings.